The van der Waals surface area contributed by atoms with Crippen LogP contribution in [0, 0.1) is 0 Å². The highest BCUT2D eigenvalue weighted by Gasteiger charge is 2.23. The van der Waals surface area contributed by atoms with Gasteiger partial charge in [0.15, 0.2) is 0 Å². The van der Waals surface area contributed by atoms with Gasteiger partial charge in [-0.1, -0.05) is 30.3 Å². The predicted molar refractivity (Wildman–Crippen MR) is 184 cm³/mol. The number of likely N-dealkylation sites (N-methyl/N-ethyl adjacent to an activating group) is 1. The molecule has 4 aromatic rings. The van der Waals surface area contributed by atoms with Crippen molar-refractivity contribution in [2.75, 3.05) is 43.5 Å². The molecule has 0 saturated carbocycles. The summed E-state index contributed by atoms with van der Waals surface area (Å²) in [5.74, 6) is -0.821. The second-order valence-electron chi connectivity index (χ2n) is 12.3. The van der Waals surface area contributed by atoms with Crippen LogP contribution in [0.1, 0.15) is 80.3 Å². The highest BCUT2D eigenvalue weighted by Crippen LogP contribution is 2.34. The van der Waals surface area contributed by atoms with Crippen molar-refractivity contribution in [3.05, 3.63) is 113 Å². The fourth-order valence-corrected chi connectivity index (χ4v) is 6.53. The molecule has 1 unspecified atom stereocenters. The molecule has 1 aliphatic carbocycles. The van der Waals surface area contributed by atoms with Gasteiger partial charge >= 0.3 is 0 Å². The molecule has 1 fully saturated rings. The molecule has 1 aromatic heterocycles. The van der Waals surface area contributed by atoms with Crippen molar-refractivity contribution in [1.29, 1.82) is 0 Å². The molecule has 0 spiro atoms. The molecule has 47 heavy (non-hydrogen) atoms. The molecule has 1 aliphatic heterocycles. The first-order valence-corrected chi connectivity index (χ1v) is 16.4. The van der Waals surface area contributed by atoms with Gasteiger partial charge in [0.25, 0.3) is 17.7 Å². The lowest BCUT2D eigenvalue weighted by atomic mass is 9.87. The fourth-order valence-electron chi connectivity index (χ4n) is 6.53. The first-order chi connectivity index (χ1) is 22.9. The van der Waals surface area contributed by atoms with Gasteiger partial charge in [0.2, 0.25) is 0 Å². The number of nitrogens with one attached hydrogen (secondary N) is 2. The van der Waals surface area contributed by atoms with Gasteiger partial charge in [-0.05, 0) is 98.2 Å². The highest BCUT2D eigenvalue weighted by molar-refractivity contribution is 6.08. The molecule has 3 amide bonds. The number of hydrogen-bond donors (Lipinski definition) is 3. The van der Waals surface area contributed by atoms with Gasteiger partial charge in [-0.2, -0.15) is 0 Å². The Morgan fingerprint density at radius 1 is 0.872 bits per heavy atom. The maximum atomic E-state index is 13.6. The van der Waals surface area contributed by atoms with Gasteiger partial charge < -0.3 is 25.5 Å². The fraction of sp³-hybridized carbons (Fsp3) is 0.316. The monoisotopic (exact) mass is 631 g/mol. The summed E-state index contributed by atoms with van der Waals surface area (Å²) in [6.45, 7) is 1.95. The zero-order valence-electron chi connectivity index (χ0n) is 26.7. The maximum Gasteiger partial charge on any atom is 0.255 e. The number of benzene rings is 3. The number of aromatic nitrogens is 1. The summed E-state index contributed by atoms with van der Waals surface area (Å²) in [7, 11) is 1.61. The molecule has 242 valence electrons. The first kappa shape index (κ1) is 31.9. The minimum atomic E-state index is -0.374. The van der Waals surface area contributed by atoms with Crippen molar-refractivity contribution < 1.29 is 19.5 Å². The van der Waals surface area contributed by atoms with Gasteiger partial charge in [0, 0.05) is 60.8 Å². The molecule has 2 heterocycles. The molecular weight excluding hydrogens is 590 g/mol. The van der Waals surface area contributed by atoms with E-state index < -0.39 is 0 Å². The number of hydrogen-bond acceptors (Lipinski definition) is 6. The molecule has 3 N–H and O–H groups in total. The zero-order chi connectivity index (χ0) is 32.8. The predicted octanol–water partition coefficient (Wildman–Crippen LogP) is 5.86. The maximum absolute atomic E-state index is 13.6. The third kappa shape index (κ3) is 7.36. The molecule has 9 nitrogen and oxygen atoms in total. The summed E-state index contributed by atoms with van der Waals surface area (Å²) in [6.07, 6.45) is 8.01. The average Bonchev–Trinajstić information content (AvgIpc) is 3.12. The summed E-state index contributed by atoms with van der Waals surface area (Å²) in [6, 6.07) is 24.2. The van der Waals surface area contributed by atoms with E-state index in [9.17, 15) is 19.5 Å². The number of nitrogens with zero attached hydrogens (tertiary/aromatic N) is 3. The SMILES string of the molecule is CN(CCO)C(=O)c1cccc(C(=O)Nc2ccc(N3CCCCC3)cc2-c2cc(C(=O)NC3CCCc4ccccc43)ccn2)c1. The second kappa shape index (κ2) is 14.6. The highest BCUT2D eigenvalue weighted by atomic mass is 16.3. The number of amides is 3. The number of aryl methyl sites for hydroxylation is 1. The quantitative estimate of drug-likeness (QED) is 0.213. The van der Waals surface area contributed by atoms with E-state index in [0.29, 0.717) is 33.6 Å². The number of pyridine rings is 1. The number of piperidine rings is 1. The Kier molecular flexibility index (Phi) is 9.92. The molecule has 9 heteroatoms. The molecule has 0 bridgehead atoms. The Morgan fingerprint density at radius 3 is 2.49 bits per heavy atom. The van der Waals surface area contributed by atoms with Crippen molar-refractivity contribution in [3.63, 3.8) is 0 Å². The minimum absolute atomic E-state index is 0.0487. The second-order valence-corrected chi connectivity index (χ2v) is 12.3. The molecule has 1 atom stereocenters. The van der Waals surface area contributed by atoms with Crippen molar-refractivity contribution in [3.8, 4) is 11.3 Å². The molecule has 6 rings (SSSR count). The van der Waals surface area contributed by atoms with E-state index >= 15 is 0 Å². The van der Waals surface area contributed by atoms with Gasteiger partial charge in [0.05, 0.1) is 24.0 Å². The van der Waals surface area contributed by atoms with Crippen molar-refractivity contribution in [2.45, 2.75) is 44.6 Å². The molecule has 1 saturated heterocycles. The topological polar surface area (TPSA) is 115 Å². The smallest absolute Gasteiger partial charge is 0.255 e. The number of aliphatic hydroxyl groups excluding tert-OH is 1. The van der Waals surface area contributed by atoms with E-state index in [-0.39, 0.29) is 36.9 Å². The summed E-state index contributed by atoms with van der Waals surface area (Å²) >= 11 is 0. The molecule has 0 radical (unpaired) electrons. The van der Waals surface area contributed by atoms with Crippen LogP contribution < -0.4 is 15.5 Å². The molecule has 2 aliphatic rings. The number of aliphatic hydroxyl groups is 1. The number of carbonyl (C=O) groups is 3. The summed E-state index contributed by atoms with van der Waals surface area (Å²) in [5, 5.41) is 15.5. The Labute approximate surface area is 275 Å². The van der Waals surface area contributed by atoms with E-state index in [0.717, 1.165) is 50.9 Å². The van der Waals surface area contributed by atoms with E-state index in [1.165, 1.54) is 22.4 Å². The van der Waals surface area contributed by atoms with E-state index in [1.807, 2.05) is 30.3 Å². The number of carbonyl (C=O) groups excluding carboxylic acids is 3. The van der Waals surface area contributed by atoms with E-state index in [2.05, 4.69) is 32.7 Å². The van der Waals surface area contributed by atoms with E-state index in [4.69, 9.17) is 0 Å². The van der Waals surface area contributed by atoms with Crippen LogP contribution in [0.3, 0.4) is 0 Å². The van der Waals surface area contributed by atoms with Crippen molar-refractivity contribution >= 4 is 29.1 Å². The lowest BCUT2D eigenvalue weighted by Crippen LogP contribution is -2.31. The third-order valence-electron chi connectivity index (χ3n) is 9.10. The van der Waals surface area contributed by atoms with Crippen LogP contribution in [0.15, 0.2) is 85.1 Å². The van der Waals surface area contributed by atoms with Gasteiger partial charge in [-0.3, -0.25) is 19.4 Å². The standard InChI is InChI=1S/C38H41N5O4/c1-42(21-22-44)38(47)29-12-7-11-27(23-29)36(45)41-34-16-15-30(43-19-5-2-6-20-43)25-32(34)35-24-28(17-18-39-35)37(46)40-33-14-8-10-26-9-3-4-13-31(26)33/h3-4,7,9,11-13,15-18,23-25,33,44H,2,5-6,8,10,14,19-22H2,1H3,(H,40,46)(H,41,45). The third-order valence-corrected chi connectivity index (χ3v) is 9.10. The molecular formula is C38H41N5O4. The van der Waals surface area contributed by atoms with Crippen LogP contribution in [0.4, 0.5) is 11.4 Å². The van der Waals surface area contributed by atoms with Crippen LogP contribution in [-0.2, 0) is 6.42 Å². The van der Waals surface area contributed by atoms with Gasteiger partial charge in [0.1, 0.15) is 0 Å². The number of rotatable bonds is 9. The normalized spacial score (nSPS) is 15.8. The molecule has 3 aromatic carbocycles. The van der Waals surface area contributed by atoms with Crippen LogP contribution in [0.25, 0.3) is 11.3 Å². The van der Waals surface area contributed by atoms with Crippen LogP contribution in [0.5, 0.6) is 0 Å². The summed E-state index contributed by atoms with van der Waals surface area (Å²) in [5.41, 5.74) is 6.50. The average molecular weight is 632 g/mol. The van der Waals surface area contributed by atoms with Crippen LogP contribution in [0.2, 0.25) is 0 Å². The van der Waals surface area contributed by atoms with E-state index in [1.54, 1.807) is 49.6 Å². The Hall–Kier alpha value is -5.02. The van der Waals surface area contributed by atoms with Crippen molar-refractivity contribution in [2.24, 2.45) is 0 Å². The Balaban J connectivity index is 1.29. The Bertz CT molecular complexity index is 1770. The minimum Gasteiger partial charge on any atom is -0.395 e. The lowest BCUT2D eigenvalue weighted by Gasteiger charge is -2.29. The number of anilines is 2. The van der Waals surface area contributed by atoms with Crippen LogP contribution >= 0.6 is 0 Å². The van der Waals surface area contributed by atoms with Crippen molar-refractivity contribution in [1.82, 2.24) is 15.2 Å². The summed E-state index contributed by atoms with van der Waals surface area (Å²) < 4.78 is 0. The first-order valence-electron chi connectivity index (χ1n) is 16.4. The lowest BCUT2D eigenvalue weighted by molar-refractivity contribution is 0.0766. The Morgan fingerprint density at radius 2 is 1.66 bits per heavy atom. The summed E-state index contributed by atoms with van der Waals surface area (Å²) in [4.78, 5) is 48.4. The zero-order valence-corrected chi connectivity index (χ0v) is 26.7. The van der Waals surface area contributed by atoms with Gasteiger partial charge in [-0.25, -0.2) is 0 Å². The largest absolute Gasteiger partial charge is 0.395 e. The van der Waals surface area contributed by atoms with Gasteiger partial charge in [-0.15, -0.1) is 0 Å². The number of fused-ring (bicyclic) bond motifs is 1. The van der Waals surface area contributed by atoms with Crippen LogP contribution in [-0.4, -0.2) is 66.0 Å².